The lowest BCUT2D eigenvalue weighted by atomic mass is 9.94. The predicted octanol–water partition coefficient (Wildman–Crippen LogP) is 1.30. The smallest absolute Gasteiger partial charge is 0.0724 e. The largest absolute Gasteiger partial charge is 0.311 e. The van der Waals surface area contributed by atoms with Crippen LogP contribution in [0.1, 0.15) is 25.0 Å². The fraction of sp³-hybridized carbons (Fsp3) is 0.692. The normalized spacial score (nSPS) is 18.4. The quantitative estimate of drug-likeness (QED) is 0.780. The van der Waals surface area contributed by atoms with Crippen LogP contribution in [0, 0.1) is 5.92 Å². The maximum absolute atomic E-state index is 4.24. The maximum atomic E-state index is 4.24. The minimum Gasteiger partial charge on any atom is -0.311 e. The first-order valence-electron chi connectivity index (χ1n) is 6.49. The van der Waals surface area contributed by atoms with Crippen molar-refractivity contribution in [3.05, 3.63) is 24.3 Å². The summed E-state index contributed by atoms with van der Waals surface area (Å²) in [5.74, 6) is 0.903. The van der Waals surface area contributed by atoms with Crippen LogP contribution in [0.3, 0.4) is 0 Å². The minimum absolute atomic E-state index is 0.834. The van der Waals surface area contributed by atoms with Crippen LogP contribution in [0.25, 0.3) is 0 Å². The molecule has 1 saturated heterocycles. The van der Waals surface area contributed by atoms with Crippen molar-refractivity contribution < 1.29 is 0 Å². The summed E-state index contributed by atoms with van der Waals surface area (Å²) in [7, 11) is 2.21. The molecular weight excluding hydrogens is 212 g/mol. The van der Waals surface area contributed by atoms with E-state index >= 15 is 0 Å². The summed E-state index contributed by atoms with van der Waals surface area (Å²) >= 11 is 0. The number of hydrogen-bond donors (Lipinski definition) is 1. The summed E-state index contributed by atoms with van der Waals surface area (Å²) in [4.78, 5) is 10.7. The van der Waals surface area contributed by atoms with Gasteiger partial charge in [-0.15, -0.1) is 0 Å². The van der Waals surface area contributed by atoms with Gasteiger partial charge in [-0.05, 0) is 51.9 Å². The Morgan fingerprint density at radius 2 is 2.18 bits per heavy atom. The lowest BCUT2D eigenvalue weighted by Gasteiger charge is -2.28. The van der Waals surface area contributed by atoms with E-state index in [4.69, 9.17) is 0 Å². The van der Waals surface area contributed by atoms with E-state index in [-0.39, 0.29) is 0 Å². The van der Waals surface area contributed by atoms with Crippen molar-refractivity contribution in [3.8, 4) is 0 Å². The van der Waals surface area contributed by atoms with E-state index < -0.39 is 0 Å². The second kappa shape index (κ2) is 6.67. The van der Waals surface area contributed by atoms with E-state index in [0.717, 1.165) is 24.7 Å². The molecule has 0 radical (unpaired) electrons. The average Bonchev–Trinajstić information content (AvgIpc) is 2.38. The molecule has 0 aromatic carbocycles. The number of aromatic nitrogens is 2. The van der Waals surface area contributed by atoms with Gasteiger partial charge in [0.05, 0.1) is 5.69 Å². The van der Waals surface area contributed by atoms with Crippen LogP contribution in [-0.4, -0.2) is 41.5 Å². The van der Waals surface area contributed by atoms with E-state index in [9.17, 15) is 0 Å². The molecule has 4 heteroatoms. The topological polar surface area (TPSA) is 41.0 Å². The number of rotatable bonds is 5. The van der Waals surface area contributed by atoms with E-state index in [1.54, 1.807) is 12.4 Å². The van der Waals surface area contributed by atoms with Crippen molar-refractivity contribution in [2.45, 2.75) is 25.8 Å². The standard InChI is InChI=1S/C13H22N4/c1-17-8-3-12(4-9-17)2-5-14-10-13-11-15-6-7-16-13/h6-7,11-12,14H,2-5,8-10H2,1H3. The molecule has 0 spiro atoms. The third-order valence-corrected chi connectivity index (χ3v) is 3.49. The second-order valence-corrected chi connectivity index (χ2v) is 4.91. The van der Waals surface area contributed by atoms with Gasteiger partial charge in [0.2, 0.25) is 0 Å². The van der Waals surface area contributed by atoms with Crippen LogP contribution in [-0.2, 0) is 6.54 Å². The van der Waals surface area contributed by atoms with Gasteiger partial charge in [-0.25, -0.2) is 0 Å². The highest BCUT2D eigenvalue weighted by molar-refractivity contribution is 4.93. The maximum Gasteiger partial charge on any atom is 0.0724 e. The lowest BCUT2D eigenvalue weighted by molar-refractivity contribution is 0.211. The molecule has 2 heterocycles. The zero-order chi connectivity index (χ0) is 11.9. The number of nitrogens with one attached hydrogen (secondary N) is 1. The van der Waals surface area contributed by atoms with Gasteiger partial charge in [-0.3, -0.25) is 9.97 Å². The minimum atomic E-state index is 0.834. The van der Waals surface area contributed by atoms with E-state index in [0.29, 0.717) is 0 Å². The SMILES string of the molecule is CN1CCC(CCNCc2cnccn2)CC1. The number of hydrogen-bond acceptors (Lipinski definition) is 4. The highest BCUT2D eigenvalue weighted by Crippen LogP contribution is 2.18. The monoisotopic (exact) mass is 234 g/mol. The van der Waals surface area contributed by atoms with Crippen LogP contribution >= 0.6 is 0 Å². The van der Waals surface area contributed by atoms with Gasteiger partial charge in [0.15, 0.2) is 0 Å². The Morgan fingerprint density at radius 3 is 2.88 bits per heavy atom. The van der Waals surface area contributed by atoms with Gasteiger partial charge in [-0.1, -0.05) is 0 Å². The number of piperidine rings is 1. The molecule has 0 atom stereocenters. The van der Waals surface area contributed by atoms with Crippen molar-refractivity contribution in [1.82, 2.24) is 20.2 Å². The van der Waals surface area contributed by atoms with Crippen LogP contribution in [0.4, 0.5) is 0 Å². The van der Waals surface area contributed by atoms with Crippen molar-refractivity contribution in [2.24, 2.45) is 5.92 Å². The molecule has 4 nitrogen and oxygen atoms in total. The molecular formula is C13H22N4. The molecule has 1 aliphatic rings. The Bertz CT molecular complexity index is 306. The summed E-state index contributed by atoms with van der Waals surface area (Å²) in [6.07, 6.45) is 9.26. The molecule has 0 aliphatic carbocycles. The third kappa shape index (κ3) is 4.40. The zero-order valence-electron chi connectivity index (χ0n) is 10.6. The Morgan fingerprint density at radius 1 is 1.35 bits per heavy atom. The van der Waals surface area contributed by atoms with Crippen molar-refractivity contribution in [1.29, 1.82) is 0 Å². The molecule has 0 unspecified atom stereocenters. The molecule has 1 fully saturated rings. The fourth-order valence-electron chi connectivity index (χ4n) is 2.29. The molecule has 1 aromatic heterocycles. The predicted molar refractivity (Wildman–Crippen MR) is 68.6 cm³/mol. The molecule has 1 aliphatic heterocycles. The highest BCUT2D eigenvalue weighted by Gasteiger charge is 2.15. The van der Waals surface area contributed by atoms with Gasteiger partial charge in [0.25, 0.3) is 0 Å². The molecule has 17 heavy (non-hydrogen) atoms. The molecule has 1 N–H and O–H groups in total. The highest BCUT2D eigenvalue weighted by atomic mass is 15.1. The zero-order valence-corrected chi connectivity index (χ0v) is 10.6. The van der Waals surface area contributed by atoms with Crippen LogP contribution in [0.5, 0.6) is 0 Å². The lowest BCUT2D eigenvalue weighted by Crippen LogP contribution is -2.31. The number of nitrogens with zero attached hydrogens (tertiary/aromatic N) is 3. The average molecular weight is 234 g/mol. The van der Waals surface area contributed by atoms with E-state index in [1.807, 2.05) is 6.20 Å². The van der Waals surface area contributed by atoms with Crippen LogP contribution in [0.2, 0.25) is 0 Å². The first kappa shape index (κ1) is 12.5. The van der Waals surface area contributed by atoms with Crippen molar-refractivity contribution in [2.75, 3.05) is 26.7 Å². The van der Waals surface area contributed by atoms with Gasteiger partial charge >= 0.3 is 0 Å². The first-order chi connectivity index (χ1) is 8.34. The van der Waals surface area contributed by atoms with Crippen LogP contribution in [0.15, 0.2) is 18.6 Å². The molecule has 0 bridgehead atoms. The molecule has 94 valence electrons. The van der Waals surface area contributed by atoms with E-state index in [2.05, 4.69) is 27.2 Å². The molecule has 1 aromatic rings. The van der Waals surface area contributed by atoms with Gasteiger partial charge in [0, 0.05) is 25.1 Å². The van der Waals surface area contributed by atoms with Gasteiger partial charge < -0.3 is 10.2 Å². The molecule has 0 amide bonds. The van der Waals surface area contributed by atoms with Crippen molar-refractivity contribution >= 4 is 0 Å². The van der Waals surface area contributed by atoms with Gasteiger partial charge in [0.1, 0.15) is 0 Å². The van der Waals surface area contributed by atoms with Gasteiger partial charge in [-0.2, -0.15) is 0 Å². The third-order valence-electron chi connectivity index (χ3n) is 3.49. The summed E-state index contributed by atoms with van der Waals surface area (Å²) in [6, 6.07) is 0. The number of likely N-dealkylation sites (tertiary alicyclic amines) is 1. The second-order valence-electron chi connectivity index (χ2n) is 4.91. The Labute approximate surface area is 103 Å². The molecule has 0 saturated carbocycles. The van der Waals surface area contributed by atoms with Crippen LogP contribution < -0.4 is 5.32 Å². The summed E-state index contributed by atoms with van der Waals surface area (Å²) < 4.78 is 0. The Hall–Kier alpha value is -1.00. The summed E-state index contributed by atoms with van der Waals surface area (Å²) in [5, 5.41) is 3.44. The van der Waals surface area contributed by atoms with Crippen molar-refractivity contribution in [3.63, 3.8) is 0 Å². The molecule has 2 rings (SSSR count). The first-order valence-corrected chi connectivity index (χ1v) is 6.49. The summed E-state index contributed by atoms with van der Waals surface area (Å²) in [5.41, 5.74) is 1.02. The Kier molecular flexibility index (Phi) is 4.88. The fourth-order valence-corrected chi connectivity index (χ4v) is 2.29. The van der Waals surface area contributed by atoms with E-state index in [1.165, 1.54) is 32.4 Å². The Balaban J connectivity index is 1.57. The summed E-state index contributed by atoms with van der Waals surface area (Å²) in [6.45, 7) is 4.44.